The first-order chi connectivity index (χ1) is 8.75. The van der Waals surface area contributed by atoms with Crippen LogP contribution >= 0.6 is 0 Å². The van der Waals surface area contributed by atoms with E-state index in [2.05, 4.69) is 28.6 Å². The zero-order valence-corrected chi connectivity index (χ0v) is 10.2. The molecule has 0 radical (unpaired) electrons. The smallest absolute Gasteiger partial charge is 0.0964 e. The third kappa shape index (κ3) is 1.74. The number of nitrogens with two attached hydrogens (primary N) is 1. The van der Waals surface area contributed by atoms with Crippen LogP contribution in [-0.4, -0.2) is 9.55 Å². The van der Waals surface area contributed by atoms with E-state index in [-0.39, 0.29) is 6.04 Å². The number of imidazole rings is 1. The lowest BCUT2D eigenvalue weighted by Gasteiger charge is -2.15. The third-order valence-corrected chi connectivity index (χ3v) is 3.29. The van der Waals surface area contributed by atoms with Gasteiger partial charge in [0, 0.05) is 5.69 Å². The van der Waals surface area contributed by atoms with E-state index in [0.717, 1.165) is 16.7 Å². The van der Waals surface area contributed by atoms with E-state index in [0.29, 0.717) is 0 Å². The van der Waals surface area contributed by atoms with Crippen LogP contribution in [0, 0.1) is 0 Å². The molecule has 0 aliphatic carbocycles. The summed E-state index contributed by atoms with van der Waals surface area (Å²) in [6.45, 7) is 2.16. The van der Waals surface area contributed by atoms with Crippen molar-refractivity contribution in [2.75, 3.05) is 5.73 Å². The maximum absolute atomic E-state index is 5.84. The number of para-hydroxylation sites is 2. The summed E-state index contributed by atoms with van der Waals surface area (Å²) in [5.74, 6) is 0. The summed E-state index contributed by atoms with van der Waals surface area (Å²) in [6, 6.07) is 16.4. The predicted molar refractivity (Wildman–Crippen MR) is 74.4 cm³/mol. The molecule has 0 aliphatic heterocycles. The molecule has 0 fully saturated rings. The van der Waals surface area contributed by atoms with E-state index >= 15 is 0 Å². The first kappa shape index (κ1) is 10.8. The van der Waals surface area contributed by atoms with Gasteiger partial charge >= 0.3 is 0 Å². The molecular formula is C15H15N3. The molecule has 1 unspecified atom stereocenters. The Morgan fingerprint density at radius 1 is 1.11 bits per heavy atom. The Hall–Kier alpha value is -2.29. The summed E-state index contributed by atoms with van der Waals surface area (Å²) in [4.78, 5) is 4.42. The first-order valence-corrected chi connectivity index (χ1v) is 6.03. The fourth-order valence-corrected chi connectivity index (χ4v) is 2.27. The van der Waals surface area contributed by atoms with Gasteiger partial charge in [-0.1, -0.05) is 24.3 Å². The topological polar surface area (TPSA) is 43.8 Å². The van der Waals surface area contributed by atoms with Crippen LogP contribution < -0.4 is 5.73 Å². The van der Waals surface area contributed by atoms with Crippen LogP contribution in [0.25, 0.3) is 11.0 Å². The van der Waals surface area contributed by atoms with Crippen LogP contribution in [0.4, 0.5) is 5.69 Å². The number of hydrogen-bond donors (Lipinski definition) is 1. The second-order valence-electron chi connectivity index (χ2n) is 4.49. The van der Waals surface area contributed by atoms with Gasteiger partial charge in [-0.3, -0.25) is 0 Å². The summed E-state index contributed by atoms with van der Waals surface area (Å²) >= 11 is 0. The monoisotopic (exact) mass is 237 g/mol. The molecular weight excluding hydrogens is 222 g/mol. The summed E-state index contributed by atoms with van der Waals surface area (Å²) < 4.78 is 2.17. The number of hydrogen-bond acceptors (Lipinski definition) is 2. The highest BCUT2D eigenvalue weighted by Crippen LogP contribution is 2.24. The number of aromatic nitrogens is 2. The molecule has 2 aromatic carbocycles. The van der Waals surface area contributed by atoms with Crippen molar-refractivity contribution in [2.24, 2.45) is 0 Å². The normalized spacial score (nSPS) is 12.7. The van der Waals surface area contributed by atoms with Crippen molar-refractivity contribution in [3.05, 3.63) is 60.4 Å². The van der Waals surface area contributed by atoms with E-state index in [1.165, 1.54) is 5.56 Å². The van der Waals surface area contributed by atoms with E-state index < -0.39 is 0 Å². The van der Waals surface area contributed by atoms with Crippen molar-refractivity contribution < 1.29 is 0 Å². The minimum absolute atomic E-state index is 0.223. The van der Waals surface area contributed by atoms with Crippen molar-refractivity contribution >= 4 is 16.7 Å². The molecule has 0 bridgehead atoms. The molecule has 90 valence electrons. The average Bonchev–Trinajstić information content (AvgIpc) is 2.82. The molecule has 3 rings (SSSR count). The number of benzene rings is 2. The van der Waals surface area contributed by atoms with Crippen molar-refractivity contribution in [3.63, 3.8) is 0 Å². The van der Waals surface area contributed by atoms with Crippen LogP contribution in [-0.2, 0) is 0 Å². The highest BCUT2D eigenvalue weighted by molar-refractivity contribution is 5.75. The molecule has 0 saturated carbocycles. The summed E-state index contributed by atoms with van der Waals surface area (Å²) in [7, 11) is 0. The molecule has 1 aromatic heterocycles. The van der Waals surface area contributed by atoms with Gasteiger partial charge in [-0.25, -0.2) is 4.98 Å². The Bertz CT molecular complexity index is 685. The van der Waals surface area contributed by atoms with Crippen LogP contribution in [0.1, 0.15) is 18.5 Å². The van der Waals surface area contributed by atoms with Crippen LogP contribution in [0.5, 0.6) is 0 Å². The predicted octanol–water partition coefficient (Wildman–Crippen LogP) is 3.23. The molecule has 0 spiro atoms. The standard InChI is InChI=1S/C15H15N3/c1-11(12-5-4-6-13(16)9-12)18-10-17-14-7-2-3-8-15(14)18/h2-11H,16H2,1H3. The van der Waals surface area contributed by atoms with Crippen LogP contribution in [0.2, 0.25) is 0 Å². The number of rotatable bonds is 2. The van der Waals surface area contributed by atoms with Gasteiger partial charge in [-0.05, 0) is 36.8 Å². The van der Waals surface area contributed by atoms with Gasteiger partial charge in [-0.15, -0.1) is 0 Å². The van der Waals surface area contributed by atoms with Gasteiger partial charge in [0.1, 0.15) is 0 Å². The molecule has 3 heteroatoms. The van der Waals surface area contributed by atoms with E-state index in [1.54, 1.807) is 0 Å². The highest BCUT2D eigenvalue weighted by atomic mass is 15.1. The molecule has 18 heavy (non-hydrogen) atoms. The zero-order chi connectivity index (χ0) is 12.5. The Balaban J connectivity index is 2.09. The van der Waals surface area contributed by atoms with Gasteiger partial charge in [0.15, 0.2) is 0 Å². The molecule has 1 atom stereocenters. The summed E-state index contributed by atoms with van der Waals surface area (Å²) in [6.07, 6.45) is 1.89. The first-order valence-electron chi connectivity index (χ1n) is 6.03. The van der Waals surface area contributed by atoms with Crippen molar-refractivity contribution in [1.29, 1.82) is 0 Å². The van der Waals surface area contributed by atoms with E-state index in [9.17, 15) is 0 Å². The average molecular weight is 237 g/mol. The summed E-state index contributed by atoms with van der Waals surface area (Å²) in [5, 5.41) is 0. The van der Waals surface area contributed by atoms with Gasteiger partial charge in [0.05, 0.1) is 23.4 Å². The Morgan fingerprint density at radius 2 is 1.94 bits per heavy atom. The van der Waals surface area contributed by atoms with Crippen molar-refractivity contribution in [3.8, 4) is 0 Å². The third-order valence-electron chi connectivity index (χ3n) is 3.29. The second-order valence-corrected chi connectivity index (χ2v) is 4.49. The molecule has 0 amide bonds. The maximum Gasteiger partial charge on any atom is 0.0964 e. The van der Waals surface area contributed by atoms with Gasteiger partial charge in [0.25, 0.3) is 0 Å². The maximum atomic E-state index is 5.84. The fraction of sp³-hybridized carbons (Fsp3) is 0.133. The lowest BCUT2D eigenvalue weighted by Crippen LogP contribution is -2.05. The molecule has 1 heterocycles. The zero-order valence-electron chi connectivity index (χ0n) is 10.2. The molecule has 0 aliphatic rings. The molecule has 3 nitrogen and oxygen atoms in total. The van der Waals surface area contributed by atoms with Gasteiger partial charge < -0.3 is 10.3 Å². The summed E-state index contributed by atoms with van der Waals surface area (Å²) in [5.41, 5.74) is 9.99. The minimum atomic E-state index is 0.223. The van der Waals surface area contributed by atoms with E-state index in [1.807, 2.05) is 42.7 Å². The van der Waals surface area contributed by atoms with Crippen LogP contribution in [0.3, 0.4) is 0 Å². The highest BCUT2D eigenvalue weighted by Gasteiger charge is 2.10. The fourth-order valence-electron chi connectivity index (χ4n) is 2.27. The lowest BCUT2D eigenvalue weighted by molar-refractivity contribution is 0.658. The van der Waals surface area contributed by atoms with Crippen molar-refractivity contribution in [2.45, 2.75) is 13.0 Å². The molecule has 0 saturated heterocycles. The van der Waals surface area contributed by atoms with Gasteiger partial charge in [0.2, 0.25) is 0 Å². The van der Waals surface area contributed by atoms with Crippen molar-refractivity contribution in [1.82, 2.24) is 9.55 Å². The Morgan fingerprint density at radius 3 is 2.78 bits per heavy atom. The number of anilines is 1. The SMILES string of the molecule is CC(c1cccc(N)c1)n1cnc2ccccc21. The quantitative estimate of drug-likeness (QED) is 0.695. The number of fused-ring (bicyclic) bond motifs is 1. The van der Waals surface area contributed by atoms with E-state index in [4.69, 9.17) is 5.73 Å². The Kier molecular flexibility index (Phi) is 2.52. The molecule has 2 N–H and O–H groups in total. The minimum Gasteiger partial charge on any atom is -0.399 e. The van der Waals surface area contributed by atoms with Gasteiger partial charge in [-0.2, -0.15) is 0 Å². The second kappa shape index (κ2) is 4.18. The largest absolute Gasteiger partial charge is 0.399 e. The van der Waals surface area contributed by atoms with Crippen LogP contribution in [0.15, 0.2) is 54.9 Å². The number of nitrogens with zero attached hydrogens (tertiary/aromatic N) is 2. The lowest BCUT2D eigenvalue weighted by atomic mass is 10.1. The molecule has 3 aromatic rings. The Labute approximate surface area is 106 Å². The number of nitrogen functional groups attached to an aromatic ring is 1.